The molecule has 1 aliphatic carbocycles. The fraction of sp³-hybridized carbons (Fsp3) is 0.571. The molecule has 0 atom stereocenters. The number of aryl methyl sites for hydroxylation is 1. The molecule has 2 aromatic heterocycles. The largest absolute Gasteiger partial charge is 0.329 e. The number of hydrogen-bond donors (Lipinski definition) is 1. The van der Waals surface area contributed by atoms with E-state index in [1.165, 1.54) is 12.8 Å². The molecule has 0 radical (unpaired) electrons. The quantitative estimate of drug-likeness (QED) is 0.853. The average molecular weight is 276 g/mol. The first-order chi connectivity index (χ1) is 9.19. The van der Waals surface area contributed by atoms with Gasteiger partial charge in [0.2, 0.25) is 0 Å². The molecule has 1 aliphatic rings. The van der Waals surface area contributed by atoms with Crippen molar-refractivity contribution in [3.63, 3.8) is 0 Å². The topological polar surface area (TPSA) is 36.9 Å². The molecule has 2 aromatic rings. The molecule has 0 bridgehead atoms. The Balaban J connectivity index is 1.83. The van der Waals surface area contributed by atoms with Crippen LogP contribution in [0.3, 0.4) is 0 Å². The minimum Gasteiger partial charge on any atom is -0.329 e. The Morgan fingerprint density at radius 3 is 3.00 bits per heavy atom. The first-order valence-electron chi connectivity index (χ1n) is 6.98. The fourth-order valence-electron chi connectivity index (χ4n) is 2.62. The second-order valence-corrected chi connectivity index (χ2v) is 5.71. The van der Waals surface area contributed by atoms with E-state index in [0.717, 1.165) is 47.2 Å². The number of nitrogens with one attached hydrogen (secondary N) is 1. The van der Waals surface area contributed by atoms with E-state index < -0.39 is 0 Å². The summed E-state index contributed by atoms with van der Waals surface area (Å²) in [6, 6.07) is 2.91. The maximum absolute atomic E-state index is 5.41. The molecule has 102 valence electrons. The van der Waals surface area contributed by atoms with E-state index in [-0.39, 0.29) is 0 Å². The van der Waals surface area contributed by atoms with Gasteiger partial charge in [-0.1, -0.05) is 6.92 Å². The first kappa shape index (κ1) is 12.8. The van der Waals surface area contributed by atoms with Crippen LogP contribution in [0.25, 0.3) is 11.2 Å². The van der Waals surface area contributed by atoms with Crippen molar-refractivity contribution >= 4 is 23.4 Å². The summed E-state index contributed by atoms with van der Waals surface area (Å²) in [4.78, 5) is 10.3. The van der Waals surface area contributed by atoms with Crippen LogP contribution in [-0.4, -0.2) is 38.6 Å². The molecular weight excluding hydrogens is 256 g/mol. The van der Waals surface area contributed by atoms with Gasteiger partial charge < -0.3 is 9.55 Å². The van der Waals surface area contributed by atoms with Crippen molar-refractivity contribution in [2.45, 2.75) is 39.3 Å². The van der Waals surface area contributed by atoms with Crippen molar-refractivity contribution in [1.29, 1.82) is 0 Å². The lowest BCUT2D eigenvalue weighted by atomic mass is 10.3. The summed E-state index contributed by atoms with van der Waals surface area (Å²) < 4.78 is 2.90. The summed E-state index contributed by atoms with van der Waals surface area (Å²) in [6.45, 7) is 7.37. The SMILES string of the molecule is CCN(CCn1c(=S)[nH]c2cc(C)cnc21)C1CC1. The number of aromatic amines is 1. The molecular formula is C14H20N4S. The maximum Gasteiger partial charge on any atom is 0.179 e. The van der Waals surface area contributed by atoms with E-state index in [0.29, 0.717) is 0 Å². The third-order valence-electron chi connectivity index (χ3n) is 3.83. The zero-order chi connectivity index (χ0) is 13.4. The van der Waals surface area contributed by atoms with Gasteiger partial charge in [0.15, 0.2) is 10.4 Å². The predicted octanol–water partition coefficient (Wildman–Crippen LogP) is 2.89. The molecule has 19 heavy (non-hydrogen) atoms. The van der Waals surface area contributed by atoms with Crippen LogP contribution in [-0.2, 0) is 6.54 Å². The number of aromatic nitrogens is 3. The monoisotopic (exact) mass is 276 g/mol. The van der Waals surface area contributed by atoms with Gasteiger partial charge in [-0.3, -0.25) is 4.90 Å². The predicted molar refractivity (Wildman–Crippen MR) is 79.9 cm³/mol. The molecule has 0 spiro atoms. The fourth-order valence-corrected chi connectivity index (χ4v) is 2.91. The van der Waals surface area contributed by atoms with E-state index in [2.05, 4.69) is 32.4 Å². The van der Waals surface area contributed by atoms with Crippen molar-refractivity contribution < 1.29 is 0 Å². The first-order valence-corrected chi connectivity index (χ1v) is 7.39. The standard InChI is InChI=1S/C14H20N4S/c1-3-17(11-4-5-11)6-7-18-13-12(16-14(18)19)8-10(2)9-15-13/h8-9,11H,3-7H2,1-2H3,(H,16,19). The Morgan fingerprint density at radius 2 is 2.32 bits per heavy atom. The zero-order valence-electron chi connectivity index (χ0n) is 11.5. The van der Waals surface area contributed by atoms with E-state index in [1.54, 1.807) is 0 Å². The zero-order valence-corrected chi connectivity index (χ0v) is 12.3. The van der Waals surface area contributed by atoms with Gasteiger partial charge in [0.05, 0.1) is 5.52 Å². The van der Waals surface area contributed by atoms with Crippen molar-refractivity contribution in [3.05, 3.63) is 22.6 Å². The van der Waals surface area contributed by atoms with E-state index in [1.807, 2.05) is 13.1 Å². The number of imidazole rings is 1. The number of pyridine rings is 1. The molecule has 0 aromatic carbocycles. The summed E-state index contributed by atoms with van der Waals surface area (Å²) in [7, 11) is 0. The Labute approximate surface area is 118 Å². The molecule has 0 unspecified atom stereocenters. The lowest BCUT2D eigenvalue weighted by Gasteiger charge is -2.19. The molecule has 3 rings (SSSR count). The van der Waals surface area contributed by atoms with Crippen LogP contribution < -0.4 is 0 Å². The number of H-pyrrole nitrogens is 1. The lowest BCUT2D eigenvalue weighted by molar-refractivity contribution is 0.266. The van der Waals surface area contributed by atoms with Crippen molar-refractivity contribution in [2.24, 2.45) is 0 Å². The third-order valence-corrected chi connectivity index (χ3v) is 4.15. The van der Waals surface area contributed by atoms with Crippen LogP contribution in [0.2, 0.25) is 0 Å². The van der Waals surface area contributed by atoms with Gasteiger partial charge in [-0.2, -0.15) is 0 Å². The summed E-state index contributed by atoms with van der Waals surface area (Å²) in [5.41, 5.74) is 3.17. The second kappa shape index (κ2) is 5.06. The number of hydrogen-bond acceptors (Lipinski definition) is 3. The van der Waals surface area contributed by atoms with E-state index in [4.69, 9.17) is 12.2 Å². The number of nitrogens with zero attached hydrogens (tertiary/aromatic N) is 3. The smallest absolute Gasteiger partial charge is 0.179 e. The van der Waals surface area contributed by atoms with Gasteiger partial charge in [-0.15, -0.1) is 0 Å². The molecule has 0 amide bonds. The van der Waals surface area contributed by atoms with Gasteiger partial charge >= 0.3 is 0 Å². The molecule has 0 saturated heterocycles. The van der Waals surface area contributed by atoms with E-state index >= 15 is 0 Å². The number of fused-ring (bicyclic) bond motifs is 1. The molecule has 1 N–H and O–H groups in total. The molecule has 2 heterocycles. The highest BCUT2D eigenvalue weighted by Crippen LogP contribution is 2.26. The minimum atomic E-state index is 0.778. The minimum absolute atomic E-state index is 0.778. The number of rotatable bonds is 5. The summed E-state index contributed by atoms with van der Waals surface area (Å²) in [5, 5.41) is 0. The molecule has 1 saturated carbocycles. The highest BCUT2D eigenvalue weighted by molar-refractivity contribution is 7.71. The van der Waals surface area contributed by atoms with Crippen LogP contribution in [0, 0.1) is 11.7 Å². The van der Waals surface area contributed by atoms with Gasteiger partial charge in [-0.25, -0.2) is 4.98 Å². The van der Waals surface area contributed by atoms with Crippen molar-refractivity contribution in [3.8, 4) is 0 Å². The highest BCUT2D eigenvalue weighted by Gasteiger charge is 2.27. The number of likely N-dealkylation sites (N-methyl/N-ethyl adjacent to an activating group) is 1. The van der Waals surface area contributed by atoms with E-state index in [9.17, 15) is 0 Å². The molecule has 5 heteroatoms. The average Bonchev–Trinajstić information content (AvgIpc) is 3.16. The third kappa shape index (κ3) is 2.58. The van der Waals surface area contributed by atoms with Gasteiger partial charge in [0, 0.05) is 25.3 Å². The maximum atomic E-state index is 5.41. The van der Waals surface area contributed by atoms with Crippen molar-refractivity contribution in [2.75, 3.05) is 13.1 Å². The van der Waals surface area contributed by atoms with Gasteiger partial charge in [0.1, 0.15) is 0 Å². The second-order valence-electron chi connectivity index (χ2n) is 5.33. The molecule has 1 fully saturated rings. The Morgan fingerprint density at radius 1 is 1.53 bits per heavy atom. The van der Waals surface area contributed by atoms with Crippen LogP contribution in [0.15, 0.2) is 12.3 Å². The van der Waals surface area contributed by atoms with Crippen LogP contribution in [0.1, 0.15) is 25.3 Å². The van der Waals surface area contributed by atoms with Crippen LogP contribution >= 0.6 is 12.2 Å². The lowest BCUT2D eigenvalue weighted by Crippen LogP contribution is -2.29. The van der Waals surface area contributed by atoms with Crippen LogP contribution in [0.5, 0.6) is 0 Å². The van der Waals surface area contributed by atoms with Crippen LogP contribution in [0.4, 0.5) is 0 Å². The molecule has 0 aliphatic heterocycles. The molecule has 4 nitrogen and oxygen atoms in total. The van der Waals surface area contributed by atoms with Gasteiger partial charge in [0.25, 0.3) is 0 Å². The van der Waals surface area contributed by atoms with Crippen molar-refractivity contribution in [1.82, 2.24) is 19.4 Å². The Bertz CT molecular complexity index is 638. The summed E-state index contributed by atoms with van der Waals surface area (Å²) >= 11 is 5.41. The van der Waals surface area contributed by atoms with Gasteiger partial charge in [-0.05, 0) is 50.2 Å². The summed E-state index contributed by atoms with van der Waals surface area (Å²) in [5.74, 6) is 0. The normalized spacial score (nSPS) is 15.5. The Hall–Kier alpha value is -1.20. The Kier molecular flexibility index (Phi) is 3.41. The highest BCUT2D eigenvalue weighted by atomic mass is 32.1. The summed E-state index contributed by atoms with van der Waals surface area (Å²) in [6.07, 6.45) is 4.61.